The van der Waals surface area contributed by atoms with E-state index < -0.39 is 354 Å². The van der Waals surface area contributed by atoms with Gasteiger partial charge in [0, 0.05) is 13.1 Å². The van der Waals surface area contributed by atoms with E-state index in [4.69, 9.17) is 18.9 Å². The number of hydrogen-bond acceptors (Lipinski definition) is 70. The van der Waals surface area contributed by atoms with E-state index in [2.05, 4.69) is 66.9 Å². The van der Waals surface area contributed by atoms with Gasteiger partial charge in [0.05, 0.1) is 26.4 Å². The molecule has 134 heavy (non-hydrogen) atoms. The summed E-state index contributed by atoms with van der Waals surface area (Å²) in [5.74, 6) is -5.33. The largest absolute Gasteiger partial charge is 1.00 e. The Morgan fingerprint density at radius 3 is 0.634 bits per heavy atom. The molecule has 2 fully saturated rings. The maximum absolute atomic E-state index is 13.9. The van der Waals surface area contributed by atoms with Crippen molar-refractivity contribution in [1.29, 1.82) is 0 Å². The third kappa shape index (κ3) is 84.8. The fraction of sp³-hybridized carbons (Fsp3) is 0.933. The third-order valence-electron chi connectivity index (χ3n) is 12.2. The number of ether oxygens (including phenoxy) is 4. The van der Waals surface area contributed by atoms with Crippen molar-refractivity contribution in [2.24, 2.45) is 0 Å². The number of unbranched alkanes of at least 4 members (excludes halogenated alkanes) is 3. The van der Waals surface area contributed by atoms with Crippen LogP contribution in [0.15, 0.2) is 0 Å². The van der Waals surface area contributed by atoms with Crippen LogP contribution in [0.1, 0.15) is 25.7 Å². The molecule has 2 amide bonds. The topological polar surface area (TPSA) is 1160 Å². The molecule has 0 aliphatic carbocycles. The van der Waals surface area contributed by atoms with Crippen molar-refractivity contribution in [2.45, 2.75) is 136 Å². The van der Waals surface area contributed by atoms with Gasteiger partial charge >= 0.3 is 473 Å². The molecular formula is C30H40N2Na16O70S16. The Kier molecular flexibility index (Phi) is 101. The molecule has 72 nitrogen and oxygen atoms in total. The molecule has 0 aromatic carbocycles. The molecule has 2 N–H and O–H groups in total. The molecule has 0 aromatic rings. The molecule has 2 heterocycles. The molecule has 2 aliphatic rings. The maximum Gasteiger partial charge on any atom is 1.00 e. The van der Waals surface area contributed by atoms with Crippen LogP contribution in [-0.2, 0) is 262 Å². The van der Waals surface area contributed by atoms with Crippen molar-refractivity contribution in [2.75, 3.05) is 39.5 Å². The van der Waals surface area contributed by atoms with Gasteiger partial charge in [0.25, 0.3) is 11.8 Å². The van der Waals surface area contributed by atoms with Crippen molar-refractivity contribution in [3.63, 3.8) is 0 Å². The molecule has 0 aromatic heterocycles. The van der Waals surface area contributed by atoms with Crippen molar-refractivity contribution in [1.82, 2.24) is 10.6 Å². The van der Waals surface area contributed by atoms with Crippen LogP contribution in [0.5, 0.6) is 0 Å². The summed E-state index contributed by atoms with van der Waals surface area (Å²) in [5, 5.41) is 2.85. The van der Waals surface area contributed by atoms with Crippen LogP contribution in [0.3, 0.4) is 0 Å². The van der Waals surface area contributed by atoms with Gasteiger partial charge in [0.15, 0.2) is 37.0 Å². The van der Waals surface area contributed by atoms with Gasteiger partial charge in [-0.2, -0.15) is 0 Å². The zero-order chi connectivity index (χ0) is 92.2. The van der Waals surface area contributed by atoms with Crippen molar-refractivity contribution < 1.29 is 776 Å². The smallest absolute Gasteiger partial charge is 0.726 e. The maximum atomic E-state index is 13.9. The number of amides is 2. The molecule has 0 radical (unpaired) electrons. The number of nitrogens with one attached hydrogen (secondary N) is 2. The first kappa shape index (κ1) is 180. The predicted molar refractivity (Wildman–Crippen MR) is 309 cm³/mol. The van der Waals surface area contributed by atoms with E-state index in [9.17, 15) is 217 Å². The molecule has 2 aliphatic heterocycles. The SMILES string of the molecule is O=C(NCCCCCCNC(=O)C(OS(=O)(=O)[O-])C(OS(=O)(=O)[O-])[C@H](O[C@@H]1O[C@H](COS(=O)(=O)[O-])[C@H](OS(=O)(=O)[O-])[C@H](OS(=O)(=O)[O-])[C@H]1OS(=O)(=O)[O-])C(COS(=O)(=O)[O-])OS(=O)(=O)[O-])C(OS(=O)(=O)[O-])C(OS(=O)(=O)[O-])C(O[C@H]1O[C@@H](COS(=O)(=O)[O-])[C@@H](OS(=O)(=O)[O-])[C@@H](OS(=O)(=O)[O-])[C@@H]1OS(=O)(=O)[O-])C(COS(=O)(=O)[O-])OS(=O)(=O)[O-].[Na+].[Na+].[Na+].[Na+].[Na+].[Na+].[Na+].[Na+].[Na+].[Na+].[Na+].[Na+].[Na+].[Na+].[Na+].[Na+]. The monoisotopic (exact) mass is 2430 g/mol. The van der Waals surface area contributed by atoms with E-state index in [0.29, 0.717) is 0 Å². The van der Waals surface area contributed by atoms with Crippen molar-refractivity contribution in [3.05, 3.63) is 0 Å². The van der Waals surface area contributed by atoms with Gasteiger partial charge in [-0.25, -0.2) is 135 Å². The van der Waals surface area contributed by atoms with Gasteiger partial charge in [0.2, 0.25) is 166 Å². The molecule has 0 saturated carbocycles. The van der Waals surface area contributed by atoms with E-state index in [1.165, 1.54) is 10.6 Å². The molecule has 2 saturated heterocycles. The Morgan fingerprint density at radius 1 is 0.239 bits per heavy atom. The second kappa shape index (κ2) is 75.7. The molecule has 0 bridgehead atoms. The van der Waals surface area contributed by atoms with Gasteiger partial charge in [-0.05, 0) is 12.8 Å². The standard InChI is InChI=1S/C30H56N2O70S16.16Na/c33-27(23(99-115(71,72)73)19(95-111(59,60)61)15(13(91-107(47,48)49)9-85-105(41,42)43)89-29-25(101-117(77,78)79)21(97-113(65,66)67)17(93-109(53,54)55)11(87-29)7-83-103(35,36)37)31-5-3-1-2-4-6-32-28(34)24(100-116(74,75)76)20(96-112(62,63)64)16(14(92-108(50,51)52)10-86-106(44,45)46)90-30-26(102-118(80,81)82)22(98-114(68,69)70)18(94-110(56,57)58)12(88-30)8-84-104(38,39)40;;;;;;;;;;;;;;;;/h11-26,29-30H,1-10H2,(H,31,33)(H,32,34)(H,35,36,37)(H,38,39,40)(H,41,42,43)(H,44,45,46)(H,47,48,49)(H,50,51,52)(H,53,54,55)(H,56,57,58)(H,59,60,61)(H,62,63,64)(H,65,66,67)(H,68,69,70)(H,71,72,73)(H,74,75,76)(H,77,78,79)(H,80,81,82);;;;;;;;;;;;;;;;/q;16*+1/p-16/t11-,12+,13?,14?,15-,16?,17+,18-,19?,20?,21+,22-,23?,24?,25-,26+,29+,30-;;;;;;;;;;;;;;;;/m1................/s1. The van der Waals surface area contributed by atoms with Gasteiger partial charge in [-0.3, -0.25) is 76.5 Å². The first-order valence-electron chi connectivity index (χ1n) is 27.5. The van der Waals surface area contributed by atoms with Gasteiger partial charge in [0.1, 0.15) is 73.2 Å². The minimum absolute atomic E-state index is 0. The zero-order valence-corrected chi connectivity index (χ0v) is 116. The molecule has 2 rings (SSSR count). The van der Waals surface area contributed by atoms with Crippen molar-refractivity contribution in [3.8, 4) is 0 Å². The van der Waals surface area contributed by atoms with Crippen LogP contribution >= 0.6 is 0 Å². The Labute approximate surface area is 1120 Å². The average molecular weight is 2430 g/mol. The first-order chi connectivity index (χ1) is 52.3. The summed E-state index contributed by atoms with van der Waals surface area (Å²) in [7, 11) is -109. The summed E-state index contributed by atoms with van der Waals surface area (Å²) in [6.07, 6.45) is -75.8. The fourth-order valence-corrected chi connectivity index (χ4v) is 15.8. The fourth-order valence-electron chi connectivity index (χ4n) is 8.84. The second-order valence-corrected chi connectivity index (χ2v) is 37.1. The summed E-state index contributed by atoms with van der Waals surface area (Å²) >= 11 is 0. The van der Waals surface area contributed by atoms with Crippen LogP contribution in [0, 0.1) is 0 Å². The molecule has 702 valence electrons. The van der Waals surface area contributed by atoms with Crippen LogP contribution in [0.25, 0.3) is 0 Å². The van der Waals surface area contributed by atoms with Gasteiger partial charge in [-0.1, -0.05) is 12.8 Å². The predicted octanol–water partition coefficient (Wildman–Crippen LogP) is -66.9. The Hall–Kier alpha value is 12.7. The van der Waals surface area contributed by atoms with Crippen LogP contribution < -0.4 is 484 Å². The summed E-state index contributed by atoms with van der Waals surface area (Å²) in [6, 6.07) is 0. The molecular weight excluding hydrogens is 2390 g/mol. The molecule has 18 atom stereocenters. The minimum Gasteiger partial charge on any atom is -0.726 e. The molecule has 0 spiro atoms. The number of carbonyl (C=O) groups is 2. The summed E-state index contributed by atoms with van der Waals surface area (Å²) < 4.78 is 655. The van der Waals surface area contributed by atoms with Crippen LogP contribution in [0.2, 0.25) is 0 Å². The van der Waals surface area contributed by atoms with E-state index in [1.54, 1.807) is 0 Å². The van der Waals surface area contributed by atoms with Gasteiger partial charge < -0.3 is 102 Å². The Balaban J connectivity index is -0.000000681. The number of carbonyl (C=O) groups excluding carboxylic acids is 2. The first-order valence-corrected chi connectivity index (χ1v) is 48.9. The normalized spacial score (nSPS) is 21.1. The minimum atomic E-state index is -7.16. The zero-order valence-electron chi connectivity index (χ0n) is 70.6. The number of hydrogen-bond donors (Lipinski definition) is 2. The molecule has 7 unspecified atom stereocenters. The van der Waals surface area contributed by atoms with Crippen LogP contribution in [0.4, 0.5) is 0 Å². The summed E-state index contributed by atoms with van der Waals surface area (Å²) in [4.78, 5) is 27.9. The second-order valence-electron chi connectivity index (χ2n) is 20.7. The third-order valence-corrected chi connectivity index (χ3v) is 19.4. The summed E-state index contributed by atoms with van der Waals surface area (Å²) in [6.45, 7) is -13.1. The van der Waals surface area contributed by atoms with E-state index in [1.807, 2.05) is 0 Å². The quantitative estimate of drug-likeness (QED) is 0.0247. The van der Waals surface area contributed by atoms with Gasteiger partial charge in [-0.15, -0.1) is 0 Å². The Bertz CT molecular complexity index is 5160. The van der Waals surface area contributed by atoms with Crippen LogP contribution in [-0.4, -0.2) is 369 Å². The van der Waals surface area contributed by atoms with E-state index in [-0.39, 0.29) is 473 Å². The Morgan fingerprint density at radius 2 is 0.440 bits per heavy atom. The van der Waals surface area contributed by atoms with Crippen molar-refractivity contribution >= 4 is 178 Å². The van der Waals surface area contributed by atoms with E-state index >= 15 is 0 Å². The van der Waals surface area contributed by atoms with E-state index in [0.717, 1.165) is 0 Å². The molecule has 104 heteroatoms. The number of rotatable bonds is 55. The summed E-state index contributed by atoms with van der Waals surface area (Å²) in [5.41, 5.74) is 0. The average Bonchev–Trinajstić information content (AvgIpc) is 0.762.